The van der Waals surface area contributed by atoms with Gasteiger partial charge in [0.1, 0.15) is 0 Å². The maximum absolute atomic E-state index is 12.4. The number of para-hydroxylation sites is 1. The molecule has 0 saturated carbocycles. The van der Waals surface area contributed by atoms with Gasteiger partial charge in [-0.3, -0.25) is 9.78 Å². The molecule has 0 saturated heterocycles. The molecular weight excluding hydrogens is 541 g/mol. The van der Waals surface area contributed by atoms with E-state index < -0.39 is 12.1 Å². The summed E-state index contributed by atoms with van der Waals surface area (Å²) >= 11 is 3.62. The number of anilines is 3. The van der Waals surface area contributed by atoms with Crippen LogP contribution in [0.25, 0.3) is 10.9 Å². The molecule has 0 spiro atoms. The number of halogens is 4. The Morgan fingerprint density at radius 3 is 2.50 bits per heavy atom. The first-order chi connectivity index (χ1) is 17.1. The second-order valence-electron chi connectivity index (χ2n) is 7.65. The Balaban J connectivity index is 0.000000454. The van der Waals surface area contributed by atoms with Crippen molar-refractivity contribution in [3.8, 4) is 0 Å². The molecule has 1 amide bonds. The number of aliphatic carboxylic acids is 1. The minimum Gasteiger partial charge on any atom is -0.475 e. The second kappa shape index (κ2) is 11.7. The summed E-state index contributed by atoms with van der Waals surface area (Å²) in [6.07, 6.45) is 1.58. The van der Waals surface area contributed by atoms with Gasteiger partial charge in [0.15, 0.2) is 0 Å². The van der Waals surface area contributed by atoms with Crippen molar-refractivity contribution >= 4 is 55.8 Å². The number of carboxylic acid groups (broad SMARTS) is 1. The molecule has 188 valence electrons. The summed E-state index contributed by atoms with van der Waals surface area (Å²) in [6, 6.07) is 17.9. The Labute approximate surface area is 213 Å². The highest BCUT2D eigenvalue weighted by atomic mass is 79.9. The van der Waals surface area contributed by atoms with Crippen LogP contribution in [-0.4, -0.2) is 40.2 Å². The van der Waals surface area contributed by atoms with Gasteiger partial charge in [-0.2, -0.15) is 13.2 Å². The van der Waals surface area contributed by atoms with Crippen molar-refractivity contribution in [2.24, 2.45) is 0 Å². The number of amides is 1. The van der Waals surface area contributed by atoms with Gasteiger partial charge in [0.2, 0.25) is 5.91 Å². The van der Waals surface area contributed by atoms with Gasteiger partial charge in [-0.25, -0.2) is 4.79 Å². The number of aryl methyl sites for hydroxylation is 1. The number of carbonyl (C=O) groups is 2. The molecule has 0 fully saturated rings. The number of aromatic nitrogens is 2. The number of H-pyrrole nitrogens is 1. The third kappa shape index (κ3) is 7.08. The normalized spacial score (nSPS) is 10.9. The predicted octanol–water partition coefficient (Wildman–Crippen LogP) is 6.30. The predicted molar refractivity (Wildman–Crippen MR) is 135 cm³/mol. The Kier molecular flexibility index (Phi) is 8.70. The van der Waals surface area contributed by atoms with Crippen molar-refractivity contribution in [2.45, 2.75) is 19.0 Å². The molecule has 0 aliphatic rings. The number of benzene rings is 2. The van der Waals surface area contributed by atoms with Gasteiger partial charge >= 0.3 is 12.1 Å². The summed E-state index contributed by atoms with van der Waals surface area (Å²) in [5.41, 5.74) is 5.01. The monoisotopic (exact) mass is 562 g/mol. The Hall–Kier alpha value is -3.86. The Bertz CT molecular complexity index is 1340. The number of alkyl halides is 3. The van der Waals surface area contributed by atoms with Crippen molar-refractivity contribution in [1.82, 2.24) is 9.97 Å². The number of nitrogens with one attached hydrogen (secondary N) is 2. The molecule has 0 aliphatic heterocycles. The topological polar surface area (TPSA) is 98.3 Å². The molecule has 0 aliphatic carbocycles. The number of carboxylic acids is 1. The third-order valence-corrected chi connectivity index (χ3v) is 5.80. The molecular formula is C25H22BrF3N4O3. The molecule has 11 heteroatoms. The minimum absolute atomic E-state index is 0.00412. The second-order valence-corrected chi connectivity index (χ2v) is 8.50. The highest BCUT2D eigenvalue weighted by Gasteiger charge is 2.38. The molecule has 4 rings (SSSR count). The molecule has 36 heavy (non-hydrogen) atoms. The quantitative estimate of drug-likeness (QED) is 0.256. The fourth-order valence-electron chi connectivity index (χ4n) is 3.36. The SMILES string of the molecule is CN(c1cccnc1)c1ccc(NC(=O)CCc2c[nH]c3ccccc23)cc1Br.O=C(O)C(F)(F)F. The Morgan fingerprint density at radius 2 is 1.86 bits per heavy atom. The summed E-state index contributed by atoms with van der Waals surface area (Å²) in [5, 5.41) is 11.3. The van der Waals surface area contributed by atoms with Gasteiger partial charge in [0, 0.05) is 46.9 Å². The van der Waals surface area contributed by atoms with Crippen LogP contribution in [-0.2, 0) is 16.0 Å². The van der Waals surface area contributed by atoms with Crippen LogP contribution in [0.4, 0.5) is 30.2 Å². The standard InChI is InChI=1S/C23H21BrN4O.C2HF3O2/c1-28(18-5-4-12-25-15-18)22-10-9-17(13-20(22)24)27-23(29)11-8-16-14-26-21-7-3-2-6-19(16)21;3-2(4,5)1(6)7/h2-7,9-10,12-15,26H,8,11H2,1H3,(H,27,29);(H,6,7). The van der Waals surface area contributed by atoms with Crippen LogP contribution in [0.5, 0.6) is 0 Å². The number of rotatable bonds is 6. The number of pyridine rings is 1. The lowest BCUT2D eigenvalue weighted by Crippen LogP contribution is -2.21. The van der Waals surface area contributed by atoms with E-state index in [0.29, 0.717) is 12.8 Å². The van der Waals surface area contributed by atoms with Crippen LogP contribution in [0.3, 0.4) is 0 Å². The van der Waals surface area contributed by atoms with E-state index in [2.05, 4.69) is 37.3 Å². The molecule has 7 nitrogen and oxygen atoms in total. The van der Waals surface area contributed by atoms with Crippen LogP contribution >= 0.6 is 15.9 Å². The van der Waals surface area contributed by atoms with Gasteiger partial charge < -0.3 is 20.3 Å². The van der Waals surface area contributed by atoms with Crippen LogP contribution < -0.4 is 10.2 Å². The van der Waals surface area contributed by atoms with Crippen LogP contribution in [0.2, 0.25) is 0 Å². The third-order valence-electron chi connectivity index (χ3n) is 5.16. The van der Waals surface area contributed by atoms with Crippen molar-refractivity contribution in [2.75, 3.05) is 17.3 Å². The van der Waals surface area contributed by atoms with E-state index in [9.17, 15) is 18.0 Å². The molecule has 0 atom stereocenters. The zero-order valence-corrected chi connectivity index (χ0v) is 20.6. The lowest BCUT2D eigenvalue weighted by atomic mass is 10.1. The zero-order chi connectivity index (χ0) is 26.3. The average Bonchev–Trinajstić information content (AvgIpc) is 3.26. The largest absolute Gasteiger partial charge is 0.490 e. The summed E-state index contributed by atoms with van der Waals surface area (Å²) in [4.78, 5) is 30.8. The number of carbonyl (C=O) groups excluding carboxylic acids is 1. The van der Waals surface area contributed by atoms with E-state index >= 15 is 0 Å². The lowest BCUT2D eigenvalue weighted by molar-refractivity contribution is -0.192. The first-order valence-corrected chi connectivity index (χ1v) is 11.4. The molecule has 3 N–H and O–H groups in total. The van der Waals surface area contributed by atoms with Gasteiger partial charge in [-0.15, -0.1) is 0 Å². The fourth-order valence-corrected chi connectivity index (χ4v) is 4.00. The van der Waals surface area contributed by atoms with Crippen molar-refractivity contribution < 1.29 is 27.9 Å². The number of aromatic amines is 1. The van der Waals surface area contributed by atoms with Crippen LogP contribution in [0.1, 0.15) is 12.0 Å². The molecule has 2 heterocycles. The maximum atomic E-state index is 12.4. The number of nitrogens with zero attached hydrogens (tertiary/aromatic N) is 2. The lowest BCUT2D eigenvalue weighted by Gasteiger charge is -2.21. The van der Waals surface area contributed by atoms with Gasteiger partial charge in [0.05, 0.1) is 17.6 Å². The summed E-state index contributed by atoms with van der Waals surface area (Å²) in [5.74, 6) is -2.76. The molecule has 0 unspecified atom stereocenters. The highest BCUT2D eigenvalue weighted by molar-refractivity contribution is 9.10. The molecule has 2 aromatic heterocycles. The Morgan fingerprint density at radius 1 is 1.14 bits per heavy atom. The molecule has 0 radical (unpaired) electrons. The van der Waals surface area contributed by atoms with Crippen molar-refractivity contribution in [3.63, 3.8) is 0 Å². The first kappa shape index (κ1) is 26.7. The van der Waals surface area contributed by atoms with E-state index in [1.54, 1.807) is 6.20 Å². The number of fused-ring (bicyclic) bond motifs is 1. The zero-order valence-electron chi connectivity index (χ0n) is 19.0. The van der Waals surface area contributed by atoms with E-state index in [1.807, 2.05) is 72.9 Å². The maximum Gasteiger partial charge on any atom is 0.490 e. The average molecular weight is 563 g/mol. The molecule has 4 aromatic rings. The van der Waals surface area contributed by atoms with E-state index in [0.717, 1.165) is 32.6 Å². The van der Waals surface area contributed by atoms with Crippen LogP contribution in [0, 0.1) is 0 Å². The number of hydrogen-bond acceptors (Lipinski definition) is 4. The van der Waals surface area contributed by atoms with E-state index in [1.165, 1.54) is 5.39 Å². The smallest absolute Gasteiger partial charge is 0.475 e. The highest BCUT2D eigenvalue weighted by Crippen LogP contribution is 2.32. The summed E-state index contributed by atoms with van der Waals surface area (Å²) in [6.45, 7) is 0. The van der Waals surface area contributed by atoms with E-state index in [4.69, 9.17) is 9.90 Å². The molecule has 2 aromatic carbocycles. The number of hydrogen-bond donors (Lipinski definition) is 3. The van der Waals surface area contributed by atoms with Gasteiger partial charge in [-0.05, 0) is 64.3 Å². The minimum atomic E-state index is -5.08. The molecule has 0 bridgehead atoms. The van der Waals surface area contributed by atoms with Gasteiger partial charge in [-0.1, -0.05) is 18.2 Å². The first-order valence-electron chi connectivity index (χ1n) is 10.6. The van der Waals surface area contributed by atoms with Crippen LogP contribution in [0.15, 0.2) is 77.7 Å². The van der Waals surface area contributed by atoms with Gasteiger partial charge in [0.25, 0.3) is 0 Å². The van der Waals surface area contributed by atoms with Crippen molar-refractivity contribution in [1.29, 1.82) is 0 Å². The summed E-state index contributed by atoms with van der Waals surface area (Å²) < 4.78 is 32.6. The van der Waals surface area contributed by atoms with E-state index in [-0.39, 0.29) is 5.91 Å². The fraction of sp³-hybridized carbons (Fsp3) is 0.160. The van der Waals surface area contributed by atoms with Crippen molar-refractivity contribution in [3.05, 3.63) is 83.2 Å². The summed E-state index contributed by atoms with van der Waals surface area (Å²) in [7, 11) is 1.98.